The van der Waals surface area contributed by atoms with E-state index in [0.29, 0.717) is 5.00 Å². The first-order valence-electron chi connectivity index (χ1n) is 2.99. The topological polar surface area (TPSA) is 92.4 Å². The van der Waals surface area contributed by atoms with Gasteiger partial charge in [0, 0.05) is 0 Å². The van der Waals surface area contributed by atoms with E-state index in [9.17, 15) is 9.59 Å². The van der Waals surface area contributed by atoms with Crippen molar-refractivity contribution in [3.05, 3.63) is 17.0 Å². The van der Waals surface area contributed by atoms with Gasteiger partial charge in [0.2, 0.25) is 0 Å². The maximum atomic E-state index is 10.4. The Bertz CT molecular complexity index is 320. The van der Waals surface area contributed by atoms with Crippen LogP contribution in [0.4, 0.5) is 9.80 Å². The van der Waals surface area contributed by atoms with Crippen LogP contribution in [0.2, 0.25) is 0 Å². The van der Waals surface area contributed by atoms with E-state index < -0.39 is 12.0 Å². The van der Waals surface area contributed by atoms with Gasteiger partial charge in [-0.15, -0.1) is 11.3 Å². The highest BCUT2D eigenvalue weighted by Crippen LogP contribution is 2.21. The summed E-state index contributed by atoms with van der Waals surface area (Å²) < 4.78 is 0. The van der Waals surface area contributed by atoms with Gasteiger partial charge in [0.05, 0.1) is 5.00 Å². The smallest absolute Gasteiger partial charge is 0.345 e. The van der Waals surface area contributed by atoms with Crippen LogP contribution in [-0.2, 0) is 0 Å². The van der Waals surface area contributed by atoms with E-state index >= 15 is 0 Å². The number of urea groups is 1. The molecule has 2 amide bonds. The summed E-state index contributed by atoms with van der Waals surface area (Å²) >= 11 is 0.958. The Labute approximate surface area is 71.8 Å². The largest absolute Gasteiger partial charge is 0.477 e. The van der Waals surface area contributed by atoms with Crippen LogP contribution >= 0.6 is 11.3 Å². The number of nitrogens with one attached hydrogen (secondary N) is 1. The van der Waals surface area contributed by atoms with Crippen molar-refractivity contribution >= 4 is 28.3 Å². The third-order valence-electron chi connectivity index (χ3n) is 1.06. The number of nitrogens with two attached hydrogens (primary N) is 1. The number of carbonyl (C=O) groups is 2. The molecular weight excluding hydrogens is 180 g/mol. The zero-order valence-corrected chi connectivity index (χ0v) is 6.72. The molecule has 0 bridgehead atoms. The van der Waals surface area contributed by atoms with Crippen LogP contribution in [0.3, 0.4) is 0 Å². The van der Waals surface area contributed by atoms with E-state index in [0.717, 1.165) is 11.3 Å². The second kappa shape index (κ2) is 3.22. The van der Waals surface area contributed by atoms with Gasteiger partial charge in [-0.25, -0.2) is 9.59 Å². The van der Waals surface area contributed by atoms with Crippen LogP contribution in [0.1, 0.15) is 9.67 Å². The van der Waals surface area contributed by atoms with Gasteiger partial charge in [0.15, 0.2) is 0 Å². The molecule has 0 aliphatic rings. The zero-order valence-electron chi connectivity index (χ0n) is 5.90. The van der Waals surface area contributed by atoms with Crippen LogP contribution in [0.25, 0.3) is 0 Å². The lowest BCUT2D eigenvalue weighted by Gasteiger charge is -1.93. The van der Waals surface area contributed by atoms with E-state index in [-0.39, 0.29) is 4.88 Å². The van der Waals surface area contributed by atoms with Crippen molar-refractivity contribution in [2.45, 2.75) is 0 Å². The van der Waals surface area contributed by atoms with Gasteiger partial charge in [-0.3, -0.25) is 5.32 Å². The standard InChI is InChI=1S/C6H6N2O3S/c7-6(11)8-4-2-1-3(12-4)5(9)10/h1-2H,(H,9,10)(H3,7,8,11). The van der Waals surface area contributed by atoms with E-state index in [2.05, 4.69) is 5.32 Å². The Morgan fingerprint density at radius 1 is 1.50 bits per heavy atom. The van der Waals surface area contributed by atoms with Gasteiger partial charge < -0.3 is 10.8 Å². The SMILES string of the molecule is NC(=O)Nc1ccc(C(=O)O)s1. The first kappa shape index (κ1) is 8.54. The summed E-state index contributed by atoms with van der Waals surface area (Å²) in [6.45, 7) is 0. The van der Waals surface area contributed by atoms with Crippen molar-refractivity contribution in [1.82, 2.24) is 0 Å². The fraction of sp³-hybridized carbons (Fsp3) is 0. The average molecular weight is 186 g/mol. The van der Waals surface area contributed by atoms with Crippen LogP contribution in [0, 0.1) is 0 Å². The van der Waals surface area contributed by atoms with Crippen LogP contribution in [-0.4, -0.2) is 17.1 Å². The van der Waals surface area contributed by atoms with Crippen LogP contribution in [0.5, 0.6) is 0 Å². The van der Waals surface area contributed by atoms with Gasteiger partial charge >= 0.3 is 12.0 Å². The third kappa shape index (κ3) is 1.96. The molecule has 4 N–H and O–H groups in total. The molecule has 1 rings (SSSR count). The molecule has 0 saturated heterocycles. The molecular formula is C6H6N2O3S. The molecule has 6 heteroatoms. The number of carboxylic acids is 1. The first-order valence-corrected chi connectivity index (χ1v) is 3.81. The molecule has 0 unspecified atom stereocenters. The highest BCUT2D eigenvalue weighted by molar-refractivity contribution is 7.18. The second-order valence-electron chi connectivity index (χ2n) is 1.96. The number of carbonyl (C=O) groups excluding carboxylic acids is 1. The van der Waals surface area contributed by atoms with E-state index in [1.165, 1.54) is 12.1 Å². The van der Waals surface area contributed by atoms with Gasteiger partial charge in [0.25, 0.3) is 0 Å². The molecule has 1 heterocycles. The van der Waals surface area contributed by atoms with Gasteiger partial charge in [0.1, 0.15) is 4.88 Å². The Kier molecular flexibility index (Phi) is 2.29. The molecule has 0 saturated carbocycles. The molecule has 12 heavy (non-hydrogen) atoms. The van der Waals surface area contributed by atoms with Crippen molar-refractivity contribution in [3.8, 4) is 0 Å². The minimum absolute atomic E-state index is 0.166. The minimum atomic E-state index is -1.02. The van der Waals surface area contributed by atoms with Gasteiger partial charge in [-0.2, -0.15) is 0 Å². The molecule has 64 valence electrons. The van der Waals surface area contributed by atoms with Gasteiger partial charge in [-0.05, 0) is 12.1 Å². The summed E-state index contributed by atoms with van der Waals surface area (Å²) in [4.78, 5) is 20.9. The molecule has 0 fully saturated rings. The molecule has 0 atom stereocenters. The number of anilines is 1. The summed E-state index contributed by atoms with van der Waals surface area (Å²) in [5.74, 6) is -1.02. The number of rotatable bonds is 2. The summed E-state index contributed by atoms with van der Waals surface area (Å²) in [6, 6.07) is 2.19. The fourth-order valence-corrected chi connectivity index (χ4v) is 1.39. The van der Waals surface area contributed by atoms with Crippen molar-refractivity contribution in [2.24, 2.45) is 5.73 Å². The fourth-order valence-electron chi connectivity index (χ4n) is 0.641. The monoisotopic (exact) mass is 186 g/mol. The van der Waals surface area contributed by atoms with E-state index in [1.807, 2.05) is 0 Å². The number of amides is 2. The Balaban J connectivity index is 2.77. The lowest BCUT2D eigenvalue weighted by atomic mass is 10.5. The average Bonchev–Trinajstić information content (AvgIpc) is 2.34. The molecule has 0 aliphatic carbocycles. The van der Waals surface area contributed by atoms with E-state index in [1.54, 1.807) is 0 Å². The van der Waals surface area contributed by atoms with Crippen molar-refractivity contribution < 1.29 is 14.7 Å². The first-order chi connectivity index (χ1) is 5.59. The summed E-state index contributed by atoms with van der Waals surface area (Å²) in [7, 11) is 0. The van der Waals surface area contributed by atoms with Crippen LogP contribution < -0.4 is 11.1 Å². The third-order valence-corrected chi connectivity index (χ3v) is 2.05. The molecule has 0 radical (unpaired) electrons. The molecule has 0 spiro atoms. The summed E-state index contributed by atoms with van der Waals surface area (Å²) in [5, 5.41) is 11.2. The lowest BCUT2D eigenvalue weighted by Crippen LogP contribution is -2.18. The lowest BCUT2D eigenvalue weighted by molar-refractivity contribution is 0.0702. The van der Waals surface area contributed by atoms with E-state index in [4.69, 9.17) is 10.8 Å². The normalized spacial score (nSPS) is 9.33. The number of primary amides is 1. The number of hydrogen-bond acceptors (Lipinski definition) is 3. The quantitative estimate of drug-likeness (QED) is 0.641. The predicted molar refractivity (Wildman–Crippen MR) is 44.5 cm³/mol. The van der Waals surface area contributed by atoms with Crippen molar-refractivity contribution in [1.29, 1.82) is 0 Å². The molecule has 0 aliphatic heterocycles. The zero-order chi connectivity index (χ0) is 9.14. The Morgan fingerprint density at radius 2 is 2.17 bits per heavy atom. The van der Waals surface area contributed by atoms with Crippen molar-refractivity contribution in [2.75, 3.05) is 5.32 Å². The Morgan fingerprint density at radius 3 is 2.58 bits per heavy atom. The van der Waals surface area contributed by atoms with Gasteiger partial charge in [-0.1, -0.05) is 0 Å². The highest BCUT2D eigenvalue weighted by atomic mass is 32.1. The number of hydrogen-bond donors (Lipinski definition) is 3. The number of carboxylic acid groups (broad SMARTS) is 1. The summed E-state index contributed by atoms with van der Waals surface area (Å²) in [5.41, 5.74) is 4.82. The summed E-state index contributed by atoms with van der Waals surface area (Å²) in [6.07, 6.45) is 0. The minimum Gasteiger partial charge on any atom is -0.477 e. The number of aromatic carboxylic acids is 1. The maximum Gasteiger partial charge on any atom is 0.345 e. The molecule has 1 aromatic rings. The highest BCUT2D eigenvalue weighted by Gasteiger charge is 2.06. The second-order valence-corrected chi connectivity index (χ2v) is 3.04. The maximum absolute atomic E-state index is 10.4. The Hall–Kier alpha value is -1.56. The van der Waals surface area contributed by atoms with Crippen LogP contribution in [0.15, 0.2) is 12.1 Å². The number of thiophene rings is 1. The molecule has 0 aromatic carbocycles. The predicted octanol–water partition coefficient (Wildman–Crippen LogP) is 0.937. The molecule has 1 aromatic heterocycles. The molecule has 5 nitrogen and oxygen atoms in total. The van der Waals surface area contributed by atoms with Crippen molar-refractivity contribution in [3.63, 3.8) is 0 Å².